The first kappa shape index (κ1) is 24.6. The number of nitrogens with zero attached hydrogens (tertiary/aromatic N) is 6. The van der Waals surface area contributed by atoms with Crippen molar-refractivity contribution in [1.29, 1.82) is 5.26 Å². The van der Waals surface area contributed by atoms with Gasteiger partial charge < -0.3 is 14.0 Å². The second-order valence-electron chi connectivity index (χ2n) is 8.93. The highest BCUT2D eigenvalue weighted by molar-refractivity contribution is 7.88. The van der Waals surface area contributed by atoms with Crippen LogP contribution in [0, 0.1) is 11.3 Å². The fourth-order valence-corrected chi connectivity index (χ4v) is 5.33. The zero-order valence-electron chi connectivity index (χ0n) is 19.7. The van der Waals surface area contributed by atoms with Gasteiger partial charge in [-0.3, -0.25) is 9.80 Å². The number of hydrogen-bond donors (Lipinski definition) is 0. The molecule has 0 spiro atoms. The van der Waals surface area contributed by atoms with Gasteiger partial charge >= 0.3 is 0 Å². The summed E-state index contributed by atoms with van der Waals surface area (Å²) in [6.07, 6.45) is 5.24. The van der Waals surface area contributed by atoms with E-state index in [0.717, 1.165) is 38.5 Å². The summed E-state index contributed by atoms with van der Waals surface area (Å²) in [4.78, 5) is 9.12. The van der Waals surface area contributed by atoms with E-state index in [4.69, 9.17) is 14.7 Å². The fraction of sp³-hybridized carbons (Fsp3) is 0.565. The van der Waals surface area contributed by atoms with Gasteiger partial charge in [-0.2, -0.15) is 9.57 Å². The Morgan fingerprint density at radius 2 is 1.82 bits per heavy atom. The summed E-state index contributed by atoms with van der Waals surface area (Å²) >= 11 is 0. The van der Waals surface area contributed by atoms with Crippen LogP contribution in [0.25, 0.3) is 0 Å². The number of benzene rings is 1. The number of imidazole rings is 1. The van der Waals surface area contributed by atoms with Gasteiger partial charge in [0.05, 0.1) is 36.6 Å². The number of nitriles is 1. The topological polar surface area (TPSA) is 104 Å². The van der Waals surface area contributed by atoms with Crippen LogP contribution < -0.4 is 4.74 Å². The minimum atomic E-state index is -3.36. The lowest BCUT2D eigenvalue weighted by molar-refractivity contribution is -0.140. The third kappa shape index (κ3) is 6.55. The summed E-state index contributed by atoms with van der Waals surface area (Å²) in [7, 11) is -1.35. The third-order valence-electron chi connectivity index (χ3n) is 6.25. The summed E-state index contributed by atoms with van der Waals surface area (Å²) in [5.74, 6) is 1.66. The second-order valence-corrected chi connectivity index (χ2v) is 10.9. The molecule has 0 aliphatic carbocycles. The molecule has 2 atom stereocenters. The molecule has 34 heavy (non-hydrogen) atoms. The first-order chi connectivity index (χ1) is 16.3. The van der Waals surface area contributed by atoms with Gasteiger partial charge in [0, 0.05) is 65.3 Å². The van der Waals surface area contributed by atoms with E-state index in [1.165, 1.54) is 10.6 Å². The van der Waals surface area contributed by atoms with Crippen LogP contribution >= 0.6 is 0 Å². The lowest BCUT2D eigenvalue weighted by Crippen LogP contribution is -2.60. The number of sulfonamides is 1. The van der Waals surface area contributed by atoms with Crippen molar-refractivity contribution < 1.29 is 17.9 Å². The van der Waals surface area contributed by atoms with Gasteiger partial charge in [-0.15, -0.1) is 0 Å². The van der Waals surface area contributed by atoms with Gasteiger partial charge in [0.15, 0.2) is 0 Å². The van der Waals surface area contributed by atoms with Gasteiger partial charge in [-0.05, 0) is 24.3 Å². The highest BCUT2D eigenvalue weighted by Crippen LogP contribution is 2.20. The van der Waals surface area contributed by atoms with E-state index in [1.54, 1.807) is 24.3 Å². The summed E-state index contributed by atoms with van der Waals surface area (Å²) < 4.78 is 40.0. The number of hydrogen-bond acceptors (Lipinski definition) is 8. The zero-order chi connectivity index (χ0) is 24.1. The average molecular weight is 489 g/mol. The largest absolute Gasteiger partial charge is 0.492 e. The predicted molar refractivity (Wildman–Crippen MR) is 127 cm³/mol. The van der Waals surface area contributed by atoms with Crippen molar-refractivity contribution >= 4 is 10.0 Å². The Bertz CT molecular complexity index is 1080. The van der Waals surface area contributed by atoms with Crippen molar-refractivity contribution in [2.75, 3.05) is 58.7 Å². The summed E-state index contributed by atoms with van der Waals surface area (Å²) in [6, 6.07) is 8.85. The molecule has 10 nitrogen and oxygen atoms in total. The molecule has 2 bridgehead atoms. The van der Waals surface area contributed by atoms with Crippen molar-refractivity contribution in [2.24, 2.45) is 7.05 Å². The van der Waals surface area contributed by atoms with Crippen molar-refractivity contribution in [1.82, 2.24) is 23.7 Å². The maximum absolute atomic E-state index is 12.3. The number of ether oxygens (including phenoxy) is 2. The first-order valence-corrected chi connectivity index (χ1v) is 13.3. The van der Waals surface area contributed by atoms with Gasteiger partial charge in [-0.25, -0.2) is 13.4 Å². The van der Waals surface area contributed by atoms with Crippen molar-refractivity contribution in [3.63, 3.8) is 0 Å². The standard InChI is InChI=1S/C23H32N6O4S/c1-26-8-7-25-23(26)18-28-16-21-14-27(15-22(17-28)33-21)9-10-29(34(2,30)31)11-12-32-20-5-3-19(13-24)4-6-20/h3-8,21-22H,9-12,14-18H2,1-2H3. The molecule has 11 heteroatoms. The Hall–Kier alpha value is -2.49. The Balaban J connectivity index is 1.25. The Morgan fingerprint density at radius 1 is 1.15 bits per heavy atom. The molecule has 0 radical (unpaired) electrons. The van der Waals surface area contributed by atoms with E-state index < -0.39 is 10.0 Å². The van der Waals surface area contributed by atoms with Crippen LogP contribution in [-0.4, -0.2) is 103 Å². The summed E-state index contributed by atoms with van der Waals surface area (Å²) in [5.41, 5.74) is 0.556. The molecule has 2 aromatic rings. The molecule has 0 N–H and O–H groups in total. The van der Waals surface area contributed by atoms with Crippen LogP contribution in [0.4, 0.5) is 0 Å². The van der Waals surface area contributed by atoms with E-state index >= 15 is 0 Å². The molecule has 2 saturated heterocycles. The average Bonchev–Trinajstić information content (AvgIpc) is 3.19. The van der Waals surface area contributed by atoms with Crippen LogP contribution in [-0.2, 0) is 28.4 Å². The molecule has 0 saturated carbocycles. The van der Waals surface area contributed by atoms with Crippen molar-refractivity contribution in [3.8, 4) is 11.8 Å². The molecule has 2 aliphatic rings. The Morgan fingerprint density at radius 3 is 2.41 bits per heavy atom. The maximum Gasteiger partial charge on any atom is 0.211 e. The van der Waals surface area contributed by atoms with Crippen LogP contribution in [0.15, 0.2) is 36.7 Å². The monoisotopic (exact) mass is 488 g/mol. The second kappa shape index (κ2) is 10.8. The quantitative estimate of drug-likeness (QED) is 0.477. The fourth-order valence-electron chi connectivity index (χ4n) is 4.51. The van der Waals surface area contributed by atoms with Gasteiger partial charge in [0.2, 0.25) is 10.0 Å². The zero-order valence-corrected chi connectivity index (χ0v) is 20.5. The molecule has 1 aromatic carbocycles. The molecule has 2 aliphatic heterocycles. The maximum atomic E-state index is 12.3. The summed E-state index contributed by atoms with van der Waals surface area (Å²) in [5, 5.41) is 8.88. The highest BCUT2D eigenvalue weighted by atomic mass is 32.2. The van der Waals surface area contributed by atoms with Crippen LogP contribution in [0.1, 0.15) is 11.4 Å². The van der Waals surface area contributed by atoms with Crippen LogP contribution in [0.2, 0.25) is 0 Å². The molecular weight excluding hydrogens is 456 g/mol. The molecule has 3 heterocycles. The molecule has 2 unspecified atom stereocenters. The van der Waals surface area contributed by atoms with E-state index in [0.29, 0.717) is 24.4 Å². The predicted octanol–water partition coefficient (Wildman–Crippen LogP) is 0.517. The van der Waals surface area contributed by atoms with Crippen LogP contribution in [0.3, 0.4) is 0 Å². The van der Waals surface area contributed by atoms with E-state index in [9.17, 15) is 8.42 Å². The van der Waals surface area contributed by atoms with Gasteiger partial charge in [0.1, 0.15) is 18.2 Å². The first-order valence-electron chi connectivity index (χ1n) is 11.4. The normalized spacial score (nSPS) is 21.5. The van der Waals surface area contributed by atoms with Gasteiger partial charge in [-0.1, -0.05) is 0 Å². The SMILES string of the molecule is Cn1ccnc1CN1CC2CN(CCN(CCOc3ccc(C#N)cc3)S(C)(=O)=O)CC(C1)O2. The number of rotatable bonds is 10. The molecule has 1 aromatic heterocycles. The van der Waals surface area contributed by atoms with E-state index in [-0.39, 0.29) is 25.4 Å². The Labute approximate surface area is 201 Å². The number of morpholine rings is 2. The molecule has 184 valence electrons. The third-order valence-corrected chi connectivity index (χ3v) is 7.55. The summed E-state index contributed by atoms with van der Waals surface area (Å²) in [6.45, 7) is 5.64. The minimum Gasteiger partial charge on any atom is -0.492 e. The van der Waals surface area contributed by atoms with Gasteiger partial charge in [0.25, 0.3) is 0 Å². The molecule has 2 fully saturated rings. The lowest BCUT2D eigenvalue weighted by atomic mass is 10.1. The number of aryl methyl sites for hydroxylation is 1. The van der Waals surface area contributed by atoms with Crippen molar-refractivity contribution in [3.05, 3.63) is 48.0 Å². The van der Waals surface area contributed by atoms with Crippen molar-refractivity contribution in [2.45, 2.75) is 18.8 Å². The lowest BCUT2D eigenvalue weighted by Gasteiger charge is -2.46. The molecular formula is C23H32N6O4S. The number of aromatic nitrogens is 2. The highest BCUT2D eigenvalue weighted by Gasteiger charge is 2.35. The van der Waals surface area contributed by atoms with E-state index in [1.807, 2.05) is 24.0 Å². The van der Waals surface area contributed by atoms with E-state index in [2.05, 4.69) is 20.9 Å². The van der Waals surface area contributed by atoms with Crippen LogP contribution in [0.5, 0.6) is 5.75 Å². The number of fused-ring (bicyclic) bond motifs is 2. The smallest absolute Gasteiger partial charge is 0.211 e. The minimum absolute atomic E-state index is 0.110. The Kier molecular flexibility index (Phi) is 7.85. The molecule has 4 rings (SSSR count). The molecule has 0 amide bonds.